The fourth-order valence-electron chi connectivity index (χ4n) is 4.83. The maximum atomic E-state index is 13.8. The minimum absolute atomic E-state index is 0.0996. The van der Waals surface area contributed by atoms with Crippen LogP contribution in [0.4, 0.5) is 4.39 Å². The molecular weight excluding hydrogens is 569 g/mol. The lowest BCUT2D eigenvalue weighted by atomic mass is 9.96. The van der Waals surface area contributed by atoms with E-state index in [1.807, 2.05) is 31.2 Å². The summed E-state index contributed by atoms with van der Waals surface area (Å²) in [5.41, 5.74) is 4.12. The summed E-state index contributed by atoms with van der Waals surface area (Å²) in [6.07, 6.45) is 1.52. The molecule has 0 radical (unpaired) electrons. The van der Waals surface area contributed by atoms with Gasteiger partial charge in [-0.15, -0.1) is 0 Å². The molecule has 0 unspecified atom stereocenters. The van der Waals surface area contributed by atoms with Crippen LogP contribution in [0.15, 0.2) is 82.7 Å². The molecule has 0 aliphatic carbocycles. The lowest BCUT2D eigenvalue weighted by molar-refractivity contribution is 0.284. The van der Waals surface area contributed by atoms with E-state index in [9.17, 15) is 9.18 Å². The number of aromatic nitrogens is 2. The molecule has 0 N–H and O–H groups in total. The Balaban J connectivity index is 1.59. The summed E-state index contributed by atoms with van der Waals surface area (Å²) in [5.74, 6) is 1.67. The number of fused-ring (bicyclic) bond motifs is 1. The molecule has 0 atom stereocenters. The van der Waals surface area contributed by atoms with E-state index in [0.717, 1.165) is 22.4 Å². The van der Waals surface area contributed by atoms with Crippen LogP contribution in [-0.2, 0) is 6.61 Å². The van der Waals surface area contributed by atoms with E-state index in [0.29, 0.717) is 39.4 Å². The molecule has 0 aliphatic rings. The molecule has 0 aliphatic heterocycles. The van der Waals surface area contributed by atoms with Crippen molar-refractivity contribution in [2.75, 3.05) is 14.2 Å². The molecule has 220 valence electrons. The van der Waals surface area contributed by atoms with Gasteiger partial charge in [0.25, 0.3) is 5.56 Å². The van der Waals surface area contributed by atoms with Gasteiger partial charge < -0.3 is 14.2 Å². The van der Waals surface area contributed by atoms with Crippen molar-refractivity contribution in [2.24, 2.45) is 5.10 Å². The third-order valence-corrected chi connectivity index (χ3v) is 7.32. The third-order valence-electron chi connectivity index (χ3n) is 7.04. The molecule has 0 fully saturated rings. The average molecular weight is 600 g/mol. The number of nitrogens with zero attached hydrogens (tertiary/aromatic N) is 3. The first-order valence-electron chi connectivity index (χ1n) is 13.7. The summed E-state index contributed by atoms with van der Waals surface area (Å²) < 4.78 is 32.0. The summed E-state index contributed by atoms with van der Waals surface area (Å²) in [4.78, 5) is 18.6. The lowest BCUT2D eigenvalue weighted by Gasteiger charge is -2.17. The highest BCUT2D eigenvalue weighted by molar-refractivity contribution is 6.32. The number of hydrogen-bond donors (Lipinski definition) is 0. The van der Waals surface area contributed by atoms with E-state index in [2.05, 4.69) is 18.9 Å². The smallest absolute Gasteiger partial charge is 0.282 e. The van der Waals surface area contributed by atoms with Crippen molar-refractivity contribution >= 4 is 28.7 Å². The Labute approximate surface area is 254 Å². The Morgan fingerprint density at radius 2 is 1.77 bits per heavy atom. The van der Waals surface area contributed by atoms with Crippen molar-refractivity contribution in [1.82, 2.24) is 9.66 Å². The summed E-state index contributed by atoms with van der Waals surface area (Å²) >= 11 is 6.59. The van der Waals surface area contributed by atoms with Crippen LogP contribution in [0.3, 0.4) is 0 Å². The Morgan fingerprint density at radius 3 is 2.49 bits per heavy atom. The largest absolute Gasteiger partial charge is 0.496 e. The van der Waals surface area contributed by atoms with Crippen molar-refractivity contribution in [2.45, 2.75) is 33.3 Å². The second-order valence-corrected chi connectivity index (χ2v) is 10.7. The van der Waals surface area contributed by atoms with Crippen LogP contribution in [0.1, 0.15) is 42.0 Å². The second kappa shape index (κ2) is 12.7. The topological polar surface area (TPSA) is 74.9 Å². The molecule has 7 nitrogen and oxygen atoms in total. The zero-order chi connectivity index (χ0) is 30.7. The van der Waals surface area contributed by atoms with Crippen molar-refractivity contribution in [3.05, 3.63) is 116 Å². The number of ether oxygens (including phenoxy) is 3. The van der Waals surface area contributed by atoms with Crippen LogP contribution in [-0.4, -0.2) is 30.1 Å². The number of aryl methyl sites for hydroxylation is 1. The van der Waals surface area contributed by atoms with Gasteiger partial charge in [0.1, 0.15) is 18.2 Å². The molecule has 1 heterocycles. The maximum Gasteiger partial charge on any atom is 0.282 e. The summed E-state index contributed by atoms with van der Waals surface area (Å²) in [6.45, 7) is 6.21. The monoisotopic (exact) mass is 599 g/mol. The maximum absolute atomic E-state index is 13.8. The van der Waals surface area contributed by atoms with E-state index < -0.39 is 0 Å². The van der Waals surface area contributed by atoms with Crippen molar-refractivity contribution in [3.8, 4) is 28.6 Å². The van der Waals surface area contributed by atoms with Crippen LogP contribution in [0.2, 0.25) is 5.02 Å². The Bertz CT molecular complexity index is 1900. The summed E-state index contributed by atoms with van der Waals surface area (Å²) in [5, 5.41) is 5.31. The Hall–Kier alpha value is -4.69. The van der Waals surface area contributed by atoms with E-state index >= 15 is 0 Å². The number of para-hydroxylation sites is 1. The van der Waals surface area contributed by atoms with Gasteiger partial charge in [0.2, 0.25) is 0 Å². The van der Waals surface area contributed by atoms with Crippen LogP contribution < -0.4 is 19.8 Å². The molecule has 0 saturated carbocycles. The number of hydrogen-bond acceptors (Lipinski definition) is 6. The highest BCUT2D eigenvalue weighted by Gasteiger charge is 2.19. The van der Waals surface area contributed by atoms with Gasteiger partial charge in [-0.1, -0.05) is 49.7 Å². The molecule has 0 bridgehead atoms. The van der Waals surface area contributed by atoms with Crippen LogP contribution in [0, 0.1) is 12.7 Å². The SMILES string of the molecule is COc1cc(C)c(-c2nc3ccccc3c(=O)n2N=Cc2cc(Cl)c(OCc3cccc(F)c3)c(OC)c2)cc1C(C)C. The second-order valence-electron chi connectivity index (χ2n) is 10.3. The third kappa shape index (κ3) is 6.24. The minimum atomic E-state index is -0.353. The van der Waals surface area contributed by atoms with Gasteiger partial charge in [0.05, 0.1) is 36.4 Å². The number of halogens is 2. The fourth-order valence-corrected chi connectivity index (χ4v) is 5.11. The van der Waals surface area contributed by atoms with Crippen molar-refractivity contribution in [3.63, 3.8) is 0 Å². The van der Waals surface area contributed by atoms with E-state index in [4.69, 9.17) is 30.8 Å². The van der Waals surface area contributed by atoms with Gasteiger partial charge in [-0.3, -0.25) is 4.79 Å². The minimum Gasteiger partial charge on any atom is -0.496 e. The van der Waals surface area contributed by atoms with Crippen molar-refractivity contribution in [1.29, 1.82) is 0 Å². The normalized spacial score (nSPS) is 11.4. The van der Waals surface area contributed by atoms with Gasteiger partial charge in [0, 0.05) is 5.56 Å². The average Bonchev–Trinajstić information content (AvgIpc) is 2.99. The zero-order valence-corrected chi connectivity index (χ0v) is 25.3. The Kier molecular flexibility index (Phi) is 8.78. The predicted molar refractivity (Wildman–Crippen MR) is 169 cm³/mol. The van der Waals surface area contributed by atoms with Crippen molar-refractivity contribution < 1.29 is 18.6 Å². The van der Waals surface area contributed by atoms with Crippen LogP contribution >= 0.6 is 11.6 Å². The molecule has 5 rings (SSSR count). The Morgan fingerprint density at radius 1 is 1.00 bits per heavy atom. The fraction of sp³-hybridized carbons (Fsp3) is 0.206. The quantitative estimate of drug-likeness (QED) is 0.162. The highest BCUT2D eigenvalue weighted by atomic mass is 35.5. The number of benzene rings is 4. The molecule has 9 heteroatoms. The molecule has 5 aromatic rings. The lowest BCUT2D eigenvalue weighted by Crippen LogP contribution is -2.20. The summed E-state index contributed by atoms with van der Waals surface area (Å²) in [7, 11) is 3.14. The number of methoxy groups -OCH3 is 2. The van der Waals surface area contributed by atoms with Gasteiger partial charge in [0.15, 0.2) is 17.3 Å². The standard InChI is InChI=1S/C34H31ClFN3O4/c1-20(2)26-17-27(21(3)13-30(26)41-4)33-38-29-12-7-6-11-25(29)34(40)39(33)37-18-23-15-28(35)32(31(16-23)42-5)43-19-22-9-8-10-24(36)14-22/h6-18,20H,19H2,1-5H3. The van der Waals surface area contributed by atoms with E-state index in [1.165, 1.54) is 30.1 Å². The first-order valence-corrected chi connectivity index (χ1v) is 14.1. The van der Waals surface area contributed by atoms with Crippen LogP contribution in [0.5, 0.6) is 17.2 Å². The van der Waals surface area contributed by atoms with E-state index in [-0.39, 0.29) is 28.9 Å². The molecule has 4 aromatic carbocycles. The molecule has 0 saturated heterocycles. The predicted octanol–water partition coefficient (Wildman–Crippen LogP) is 7.77. The summed E-state index contributed by atoms with van der Waals surface area (Å²) in [6, 6.07) is 20.6. The van der Waals surface area contributed by atoms with Gasteiger partial charge >= 0.3 is 0 Å². The molecular formula is C34H31ClFN3O4. The van der Waals surface area contributed by atoms with Gasteiger partial charge in [-0.25, -0.2) is 9.37 Å². The molecule has 43 heavy (non-hydrogen) atoms. The molecule has 1 aromatic heterocycles. The van der Waals surface area contributed by atoms with Gasteiger partial charge in [-0.05, 0) is 83.6 Å². The highest BCUT2D eigenvalue weighted by Crippen LogP contribution is 2.37. The van der Waals surface area contributed by atoms with Gasteiger partial charge in [-0.2, -0.15) is 9.78 Å². The zero-order valence-electron chi connectivity index (χ0n) is 24.5. The first-order chi connectivity index (χ1) is 20.7. The first kappa shape index (κ1) is 29.8. The van der Waals surface area contributed by atoms with Crippen LogP contribution in [0.25, 0.3) is 22.3 Å². The molecule has 0 amide bonds. The molecule has 0 spiro atoms. The number of rotatable bonds is 9. The van der Waals surface area contributed by atoms with E-state index in [1.54, 1.807) is 43.5 Å².